The molecule has 0 aromatic heterocycles. The summed E-state index contributed by atoms with van der Waals surface area (Å²) in [5, 5.41) is 11.2. The fraction of sp³-hybridized carbons (Fsp3) is 0.240. The number of benzene rings is 2. The van der Waals surface area contributed by atoms with E-state index >= 15 is 0 Å². The molecule has 2 aromatic rings. The molecule has 0 fully saturated rings. The first kappa shape index (κ1) is 23.9. The summed E-state index contributed by atoms with van der Waals surface area (Å²) < 4.78 is 6.81. The predicted molar refractivity (Wildman–Crippen MR) is 130 cm³/mol. The minimum Gasteiger partial charge on any atom is -0.477 e. The molecule has 2 rings (SSSR count). The molecule has 0 aliphatic heterocycles. The largest absolute Gasteiger partial charge is 0.477 e. The maximum absolute atomic E-state index is 10.8. The number of carboxylic acids is 1. The number of carbonyl (C=O) groups is 1. The average molecular weight is 483 g/mol. The van der Waals surface area contributed by atoms with Crippen molar-refractivity contribution in [1.29, 1.82) is 0 Å². The molecule has 0 saturated heterocycles. The quantitative estimate of drug-likeness (QED) is 0.362. The van der Waals surface area contributed by atoms with E-state index in [0.29, 0.717) is 6.61 Å². The van der Waals surface area contributed by atoms with Crippen LogP contribution in [0.1, 0.15) is 27.7 Å². The van der Waals surface area contributed by atoms with Gasteiger partial charge >= 0.3 is 5.97 Å². The highest BCUT2D eigenvalue weighted by Crippen LogP contribution is 2.36. The Labute approximate surface area is 188 Å². The standard InChI is InChI=1S/C25H27BrO3Si/c1-20(12-11-17-23(26)24(27)28)18-19-29-30(25(2,3)4,21-13-7-5-8-14-21)22-15-9-6-10-16-22/h5-10,13-18H,19H2,1-4H3,(H,27,28)/b20-18+,23-17+. The summed E-state index contributed by atoms with van der Waals surface area (Å²) in [5.41, 5.74) is 0.829. The molecule has 0 aliphatic carbocycles. The van der Waals surface area contributed by atoms with Crippen LogP contribution in [0.3, 0.4) is 0 Å². The molecular formula is C25H27BrO3Si. The van der Waals surface area contributed by atoms with Crippen molar-refractivity contribution in [2.24, 2.45) is 0 Å². The van der Waals surface area contributed by atoms with E-state index in [4.69, 9.17) is 9.53 Å². The topological polar surface area (TPSA) is 46.5 Å². The third-order valence-electron chi connectivity index (χ3n) is 4.78. The lowest BCUT2D eigenvalue weighted by Crippen LogP contribution is -2.66. The van der Waals surface area contributed by atoms with E-state index in [9.17, 15) is 4.79 Å². The molecule has 30 heavy (non-hydrogen) atoms. The summed E-state index contributed by atoms with van der Waals surface area (Å²) in [6, 6.07) is 21.0. The van der Waals surface area contributed by atoms with Gasteiger partial charge in [-0.25, -0.2) is 4.79 Å². The van der Waals surface area contributed by atoms with Crippen molar-refractivity contribution in [3.8, 4) is 11.8 Å². The van der Waals surface area contributed by atoms with E-state index in [2.05, 4.69) is 97.1 Å². The van der Waals surface area contributed by atoms with Crippen molar-refractivity contribution in [1.82, 2.24) is 0 Å². The number of carboxylic acid groups (broad SMARTS) is 1. The minimum absolute atomic E-state index is 0.0337. The summed E-state index contributed by atoms with van der Waals surface area (Å²) in [4.78, 5) is 10.8. The van der Waals surface area contributed by atoms with Gasteiger partial charge in [-0.15, -0.1) is 0 Å². The Balaban J connectivity index is 2.39. The lowest BCUT2D eigenvalue weighted by molar-refractivity contribution is -0.131. The van der Waals surface area contributed by atoms with Gasteiger partial charge in [0.05, 0.1) is 6.61 Å². The van der Waals surface area contributed by atoms with E-state index in [1.807, 2.05) is 25.1 Å². The monoisotopic (exact) mass is 482 g/mol. The van der Waals surface area contributed by atoms with E-state index in [1.54, 1.807) is 0 Å². The van der Waals surface area contributed by atoms with Gasteiger partial charge in [0.15, 0.2) is 0 Å². The molecule has 0 bridgehead atoms. The summed E-state index contributed by atoms with van der Waals surface area (Å²) in [6.45, 7) is 9.04. The van der Waals surface area contributed by atoms with Crippen LogP contribution in [-0.2, 0) is 9.22 Å². The molecule has 0 atom stereocenters. The van der Waals surface area contributed by atoms with Crippen LogP contribution in [0.5, 0.6) is 0 Å². The number of hydrogen-bond donors (Lipinski definition) is 1. The summed E-state index contributed by atoms with van der Waals surface area (Å²) in [7, 11) is -2.57. The molecule has 0 spiro atoms. The first-order valence-corrected chi connectivity index (χ1v) is 12.4. The van der Waals surface area contributed by atoms with Crippen LogP contribution in [0.15, 0.2) is 82.9 Å². The van der Waals surface area contributed by atoms with Crippen LogP contribution in [-0.4, -0.2) is 26.0 Å². The van der Waals surface area contributed by atoms with E-state index in [1.165, 1.54) is 16.4 Å². The van der Waals surface area contributed by atoms with E-state index < -0.39 is 14.3 Å². The molecule has 0 aliphatic rings. The zero-order chi connectivity index (χ0) is 22.2. The second kappa shape index (κ2) is 10.6. The molecule has 0 amide bonds. The van der Waals surface area contributed by atoms with Crippen LogP contribution in [0.25, 0.3) is 0 Å². The maximum atomic E-state index is 10.8. The van der Waals surface area contributed by atoms with E-state index in [-0.39, 0.29) is 9.52 Å². The Morgan fingerprint density at radius 3 is 2.00 bits per heavy atom. The Morgan fingerprint density at radius 2 is 1.57 bits per heavy atom. The second-order valence-corrected chi connectivity index (χ2v) is 13.1. The zero-order valence-corrected chi connectivity index (χ0v) is 20.4. The molecular weight excluding hydrogens is 456 g/mol. The fourth-order valence-corrected chi connectivity index (χ4v) is 7.98. The molecule has 156 valence electrons. The fourth-order valence-electron chi connectivity index (χ4n) is 3.38. The Morgan fingerprint density at radius 1 is 1.07 bits per heavy atom. The van der Waals surface area contributed by atoms with Gasteiger partial charge in [-0.05, 0) is 49.9 Å². The molecule has 3 nitrogen and oxygen atoms in total. The molecule has 0 saturated carbocycles. The summed E-state index contributed by atoms with van der Waals surface area (Å²) in [5.74, 6) is 4.66. The normalized spacial score (nSPS) is 12.8. The van der Waals surface area contributed by atoms with Crippen molar-refractivity contribution < 1.29 is 14.3 Å². The molecule has 0 unspecified atom stereocenters. The van der Waals surface area contributed by atoms with Gasteiger partial charge < -0.3 is 9.53 Å². The van der Waals surface area contributed by atoms with E-state index in [0.717, 1.165) is 5.57 Å². The van der Waals surface area contributed by atoms with Gasteiger partial charge in [-0.1, -0.05) is 93.3 Å². The van der Waals surface area contributed by atoms with Gasteiger partial charge in [0.25, 0.3) is 8.32 Å². The van der Waals surface area contributed by atoms with Crippen LogP contribution >= 0.6 is 15.9 Å². The summed E-state index contributed by atoms with van der Waals surface area (Å²) >= 11 is 2.97. The van der Waals surface area contributed by atoms with Crippen LogP contribution < -0.4 is 10.4 Å². The average Bonchev–Trinajstić information content (AvgIpc) is 2.71. The van der Waals surface area contributed by atoms with Gasteiger partial charge in [0, 0.05) is 6.08 Å². The van der Waals surface area contributed by atoms with Crippen molar-refractivity contribution in [2.45, 2.75) is 32.7 Å². The Bertz CT molecular complexity index is 938. The zero-order valence-electron chi connectivity index (χ0n) is 17.8. The third kappa shape index (κ3) is 5.82. The van der Waals surface area contributed by atoms with Crippen LogP contribution in [0, 0.1) is 11.8 Å². The SMILES string of the molecule is C/C(C#C/C=C(/Br)C(=O)O)=C\CO[Si](c1ccccc1)(c1ccccc1)C(C)(C)C. The maximum Gasteiger partial charge on any atom is 0.343 e. The first-order valence-electron chi connectivity index (χ1n) is 9.71. The number of aliphatic carboxylic acids is 1. The number of rotatable bonds is 6. The van der Waals surface area contributed by atoms with Gasteiger partial charge in [0.1, 0.15) is 4.48 Å². The number of allylic oxidation sites excluding steroid dienone is 2. The summed E-state index contributed by atoms with van der Waals surface area (Å²) in [6.07, 6.45) is 3.29. The molecule has 1 N–H and O–H groups in total. The van der Waals surface area contributed by atoms with Gasteiger partial charge in [-0.3, -0.25) is 0 Å². The molecule has 0 heterocycles. The third-order valence-corrected chi connectivity index (χ3v) is 10.4. The van der Waals surface area contributed by atoms with Gasteiger partial charge in [-0.2, -0.15) is 0 Å². The van der Waals surface area contributed by atoms with Gasteiger partial charge in [0.2, 0.25) is 0 Å². The number of hydrogen-bond acceptors (Lipinski definition) is 2. The second-order valence-electron chi connectivity index (χ2n) is 7.93. The highest BCUT2D eigenvalue weighted by molar-refractivity contribution is 9.12. The lowest BCUT2D eigenvalue weighted by atomic mass is 10.2. The molecule has 2 aromatic carbocycles. The molecule has 5 heteroatoms. The molecule has 0 radical (unpaired) electrons. The Kier molecular flexibility index (Phi) is 8.42. The minimum atomic E-state index is -2.57. The van der Waals surface area contributed by atoms with Crippen LogP contribution in [0.4, 0.5) is 0 Å². The highest BCUT2D eigenvalue weighted by atomic mass is 79.9. The highest BCUT2D eigenvalue weighted by Gasteiger charge is 2.49. The van der Waals surface area contributed by atoms with Crippen molar-refractivity contribution in [3.05, 3.63) is 82.9 Å². The Hall–Kier alpha value is -2.39. The van der Waals surface area contributed by atoms with Crippen LogP contribution in [0.2, 0.25) is 5.04 Å². The predicted octanol–water partition coefficient (Wildman–Crippen LogP) is 4.88. The number of halogens is 1. The van der Waals surface area contributed by atoms with Crippen molar-refractivity contribution >= 4 is 40.6 Å². The first-order chi connectivity index (χ1) is 14.2. The van der Waals surface area contributed by atoms with Crippen molar-refractivity contribution in [3.63, 3.8) is 0 Å². The smallest absolute Gasteiger partial charge is 0.343 e. The van der Waals surface area contributed by atoms with Crippen molar-refractivity contribution in [2.75, 3.05) is 6.61 Å². The lowest BCUT2D eigenvalue weighted by Gasteiger charge is -2.42.